The van der Waals surface area contributed by atoms with Gasteiger partial charge in [-0.05, 0) is 32.0 Å². The Kier molecular flexibility index (Phi) is 3.78. The fourth-order valence-corrected chi connectivity index (χ4v) is 2.23. The lowest BCUT2D eigenvalue weighted by atomic mass is 10.1. The number of nitrogens with zero attached hydrogens (tertiary/aromatic N) is 1. The number of furan rings is 1. The van der Waals surface area contributed by atoms with Gasteiger partial charge in [0.15, 0.2) is 0 Å². The summed E-state index contributed by atoms with van der Waals surface area (Å²) in [5, 5.41) is 9.84. The Labute approximate surface area is 128 Å². The van der Waals surface area contributed by atoms with Crippen LogP contribution in [0, 0.1) is 6.92 Å². The highest BCUT2D eigenvalue weighted by Crippen LogP contribution is 2.19. The fourth-order valence-electron chi connectivity index (χ4n) is 2.23. The van der Waals surface area contributed by atoms with E-state index < -0.39 is 0 Å². The van der Waals surface area contributed by atoms with Gasteiger partial charge in [-0.2, -0.15) is 5.10 Å². The fraction of sp³-hybridized carbons (Fsp3) is 0.176. The Morgan fingerprint density at radius 2 is 2.00 bits per heavy atom. The Hall–Kier alpha value is -2.82. The van der Waals surface area contributed by atoms with Crippen LogP contribution in [0.2, 0.25) is 0 Å². The minimum atomic E-state index is -0.212. The normalized spacial score (nSPS) is 12.1. The van der Waals surface area contributed by atoms with Crippen molar-refractivity contribution in [3.05, 3.63) is 65.7 Å². The Morgan fingerprint density at radius 1 is 1.23 bits per heavy atom. The van der Waals surface area contributed by atoms with Crippen LogP contribution in [0.1, 0.15) is 35.0 Å². The number of aromatic nitrogens is 2. The van der Waals surface area contributed by atoms with E-state index in [0.29, 0.717) is 5.69 Å². The van der Waals surface area contributed by atoms with E-state index in [1.54, 1.807) is 6.07 Å². The summed E-state index contributed by atoms with van der Waals surface area (Å²) >= 11 is 0. The van der Waals surface area contributed by atoms with Crippen molar-refractivity contribution in [1.82, 2.24) is 15.5 Å². The maximum atomic E-state index is 12.3. The molecule has 0 fully saturated rings. The smallest absolute Gasteiger partial charge is 0.269 e. The average Bonchev–Trinajstić information content (AvgIpc) is 3.17. The largest absolute Gasteiger partial charge is 0.464 e. The minimum absolute atomic E-state index is 0.204. The summed E-state index contributed by atoms with van der Waals surface area (Å²) in [5.41, 5.74) is 2.13. The van der Waals surface area contributed by atoms with Gasteiger partial charge in [-0.15, -0.1) is 0 Å². The van der Waals surface area contributed by atoms with Gasteiger partial charge < -0.3 is 9.73 Å². The lowest BCUT2D eigenvalue weighted by molar-refractivity contribution is 0.0930. The van der Waals surface area contributed by atoms with Crippen LogP contribution in [0.25, 0.3) is 11.3 Å². The van der Waals surface area contributed by atoms with Crippen molar-refractivity contribution >= 4 is 5.91 Å². The van der Waals surface area contributed by atoms with Crippen molar-refractivity contribution in [3.63, 3.8) is 0 Å². The highest BCUT2D eigenvalue weighted by molar-refractivity contribution is 5.93. The van der Waals surface area contributed by atoms with Gasteiger partial charge in [0.25, 0.3) is 5.91 Å². The van der Waals surface area contributed by atoms with E-state index in [-0.39, 0.29) is 11.9 Å². The highest BCUT2D eigenvalue weighted by atomic mass is 16.3. The third-order valence-corrected chi connectivity index (χ3v) is 3.43. The summed E-state index contributed by atoms with van der Waals surface area (Å²) in [7, 11) is 0. The first-order valence-corrected chi connectivity index (χ1v) is 7.11. The van der Waals surface area contributed by atoms with Crippen LogP contribution in [0.3, 0.4) is 0 Å². The second-order valence-electron chi connectivity index (χ2n) is 5.18. The second kappa shape index (κ2) is 5.89. The molecule has 5 nitrogen and oxygen atoms in total. The van der Waals surface area contributed by atoms with E-state index in [0.717, 1.165) is 22.8 Å². The molecule has 2 N–H and O–H groups in total. The van der Waals surface area contributed by atoms with Gasteiger partial charge in [0, 0.05) is 5.56 Å². The molecule has 0 spiro atoms. The molecule has 2 heterocycles. The molecule has 1 amide bonds. The number of carbonyl (C=O) groups excluding carboxylic acids is 1. The Balaban J connectivity index is 1.72. The van der Waals surface area contributed by atoms with Gasteiger partial charge in [0.05, 0.1) is 11.7 Å². The van der Waals surface area contributed by atoms with Crippen LogP contribution in [-0.2, 0) is 0 Å². The molecule has 3 rings (SSSR count). The summed E-state index contributed by atoms with van der Waals surface area (Å²) in [6.07, 6.45) is 0. The summed E-state index contributed by atoms with van der Waals surface area (Å²) in [4.78, 5) is 12.3. The number of hydrogen-bond acceptors (Lipinski definition) is 3. The highest BCUT2D eigenvalue weighted by Gasteiger charge is 2.16. The first-order valence-electron chi connectivity index (χ1n) is 7.11. The van der Waals surface area contributed by atoms with Crippen molar-refractivity contribution < 1.29 is 9.21 Å². The standard InChI is InChI=1S/C17H17N3O2/c1-11-8-9-16(22-11)12(2)18-17(21)15-10-14(19-20-15)13-6-4-3-5-7-13/h3-10,12H,1-2H3,(H,18,21)(H,19,20). The van der Waals surface area contributed by atoms with Crippen molar-refractivity contribution in [1.29, 1.82) is 0 Å². The zero-order chi connectivity index (χ0) is 15.5. The molecule has 1 atom stereocenters. The van der Waals surface area contributed by atoms with E-state index in [2.05, 4.69) is 15.5 Å². The van der Waals surface area contributed by atoms with Crippen LogP contribution in [0.4, 0.5) is 0 Å². The third-order valence-electron chi connectivity index (χ3n) is 3.43. The first kappa shape index (κ1) is 14.1. The molecule has 0 bridgehead atoms. The van der Waals surface area contributed by atoms with Gasteiger partial charge in [-0.25, -0.2) is 0 Å². The van der Waals surface area contributed by atoms with Gasteiger partial charge >= 0.3 is 0 Å². The minimum Gasteiger partial charge on any atom is -0.464 e. The van der Waals surface area contributed by atoms with Crippen molar-refractivity contribution in [2.45, 2.75) is 19.9 Å². The van der Waals surface area contributed by atoms with E-state index in [9.17, 15) is 4.79 Å². The lowest BCUT2D eigenvalue weighted by Gasteiger charge is -2.10. The number of carbonyl (C=O) groups is 1. The number of nitrogens with one attached hydrogen (secondary N) is 2. The Bertz CT molecular complexity index is 774. The maximum Gasteiger partial charge on any atom is 0.269 e. The molecule has 0 aliphatic carbocycles. The molecular formula is C17H17N3O2. The topological polar surface area (TPSA) is 70.9 Å². The van der Waals surface area contributed by atoms with Crippen LogP contribution in [0.15, 0.2) is 52.9 Å². The third kappa shape index (κ3) is 2.93. The summed E-state index contributed by atoms with van der Waals surface area (Å²) < 4.78 is 5.52. The summed E-state index contributed by atoms with van der Waals surface area (Å²) in [6.45, 7) is 3.75. The van der Waals surface area contributed by atoms with Gasteiger partial charge in [0.2, 0.25) is 0 Å². The van der Waals surface area contributed by atoms with E-state index in [1.807, 2.05) is 56.3 Å². The van der Waals surface area contributed by atoms with Gasteiger partial charge in [0.1, 0.15) is 17.2 Å². The maximum absolute atomic E-state index is 12.3. The molecule has 0 aliphatic rings. The van der Waals surface area contributed by atoms with Crippen LogP contribution in [-0.4, -0.2) is 16.1 Å². The molecule has 1 unspecified atom stereocenters. The van der Waals surface area contributed by atoms with Crippen LogP contribution in [0.5, 0.6) is 0 Å². The number of aromatic amines is 1. The quantitative estimate of drug-likeness (QED) is 0.774. The van der Waals surface area contributed by atoms with Crippen molar-refractivity contribution in [3.8, 4) is 11.3 Å². The molecule has 1 aromatic carbocycles. The monoisotopic (exact) mass is 295 g/mol. The molecule has 0 aliphatic heterocycles. The number of aryl methyl sites for hydroxylation is 1. The molecule has 0 saturated carbocycles. The number of rotatable bonds is 4. The molecular weight excluding hydrogens is 278 g/mol. The number of amides is 1. The van der Waals surface area contributed by atoms with Crippen LogP contribution >= 0.6 is 0 Å². The molecule has 5 heteroatoms. The lowest BCUT2D eigenvalue weighted by Crippen LogP contribution is -2.26. The first-order chi connectivity index (χ1) is 10.6. The van der Waals surface area contributed by atoms with Crippen molar-refractivity contribution in [2.24, 2.45) is 0 Å². The van der Waals surface area contributed by atoms with Gasteiger partial charge in [-0.1, -0.05) is 30.3 Å². The molecule has 0 radical (unpaired) electrons. The predicted octanol–water partition coefficient (Wildman–Crippen LogP) is 3.47. The van der Waals surface area contributed by atoms with E-state index in [1.165, 1.54) is 0 Å². The van der Waals surface area contributed by atoms with Gasteiger partial charge in [-0.3, -0.25) is 9.89 Å². The van der Waals surface area contributed by atoms with E-state index in [4.69, 9.17) is 4.42 Å². The number of hydrogen-bond donors (Lipinski definition) is 2. The SMILES string of the molecule is Cc1ccc(C(C)NC(=O)c2cc(-c3ccccc3)n[nH]2)o1. The number of benzene rings is 1. The Morgan fingerprint density at radius 3 is 2.68 bits per heavy atom. The predicted molar refractivity (Wildman–Crippen MR) is 83.3 cm³/mol. The second-order valence-corrected chi connectivity index (χ2v) is 5.18. The zero-order valence-electron chi connectivity index (χ0n) is 12.5. The summed E-state index contributed by atoms with van der Waals surface area (Å²) in [6, 6.07) is 15.0. The molecule has 22 heavy (non-hydrogen) atoms. The number of H-pyrrole nitrogens is 1. The molecule has 112 valence electrons. The summed E-state index contributed by atoms with van der Waals surface area (Å²) in [5.74, 6) is 1.34. The molecule has 2 aromatic heterocycles. The van der Waals surface area contributed by atoms with Crippen molar-refractivity contribution in [2.75, 3.05) is 0 Å². The molecule has 0 saturated heterocycles. The van der Waals surface area contributed by atoms with Crippen LogP contribution < -0.4 is 5.32 Å². The zero-order valence-corrected chi connectivity index (χ0v) is 12.5. The van der Waals surface area contributed by atoms with E-state index >= 15 is 0 Å². The molecule has 3 aromatic rings. The average molecular weight is 295 g/mol.